The van der Waals surface area contributed by atoms with E-state index in [1.54, 1.807) is 0 Å². The van der Waals surface area contributed by atoms with Crippen LogP contribution in [-0.4, -0.2) is 19.5 Å². The Morgan fingerprint density at radius 1 is 0.373 bits per heavy atom. The van der Waals surface area contributed by atoms with Crippen molar-refractivity contribution in [2.24, 2.45) is 0 Å². The molecule has 0 unspecified atom stereocenters. The van der Waals surface area contributed by atoms with Crippen molar-refractivity contribution in [3.05, 3.63) is 158 Å². The normalized spacial score (nSPS) is 11.9. The largest absolute Gasteiger partial charge is 0.456 e. The van der Waals surface area contributed by atoms with Gasteiger partial charge in [0.1, 0.15) is 22.3 Å². The molecule has 6 heteroatoms. The van der Waals surface area contributed by atoms with Gasteiger partial charge in [0.2, 0.25) is 0 Å². The summed E-state index contributed by atoms with van der Waals surface area (Å²) in [5, 5.41) is 6.47. The average Bonchev–Trinajstić information content (AvgIpc) is 3.87. The Hall–Kier alpha value is -7.05. The summed E-state index contributed by atoms with van der Waals surface area (Å²) in [5.41, 5.74) is 8.99. The van der Waals surface area contributed by atoms with Crippen molar-refractivity contribution in [1.29, 1.82) is 0 Å². The van der Waals surface area contributed by atoms with Crippen LogP contribution in [-0.2, 0) is 0 Å². The first-order valence-corrected chi connectivity index (χ1v) is 16.9. The molecule has 0 N–H and O–H groups in total. The second kappa shape index (κ2) is 10.7. The Balaban J connectivity index is 1.22. The molecule has 6 nitrogen and oxygen atoms in total. The third-order valence-electron chi connectivity index (χ3n) is 9.85. The first-order valence-electron chi connectivity index (χ1n) is 16.9. The molecule has 0 fully saturated rings. The van der Waals surface area contributed by atoms with E-state index in [0.717, 1.165) is 77.3 Å². The van der Waals surface area contributed by atoms with Crippen molar-refractivity contribution in [1.82, 2.24) is 19.5 Å². The molecule has 4 aromatic heterocycles. The zero-order chi connectivity index (χ0) is 33.5. The average molecular weight is 655 g/mol. The van der Waals surface area contributed by atoms with Crippen LogP contribution in [0, 0.1) is 0 Å². The number of para-hydroxylation sites is 4. The molecule has 0 amide bonds. The Morgan fingerprint density at radius 2 is 0.922 bits per heavy atom. The smallest absolute Gasteiger partial charge is 0.164 e. The monoisotopic (exact) mass is 654 g/mol. The topological polar surface area (TPSA) is 69.9 Å². The summed E-state index contributed by atoms with van der Waals surface area (Å²) in [6.45, 7) is 0. The van der Waals surface area contributed by atoms with Crippen molar-refractivity contribution < 1.29 is 8.83 Å². The van der Waals surface area contributed by atoms with Gasteiger partial charge in [-0.25, -0.2) is 15.0 Å². The van der Waals surface area contributed by atoms with E-state index in [1.165, 1.54) is 10.8 Å². The number of benzene rings is 7. The molecule has 11 rings (SSSR count). The molecule has 0 radical (unpaired) electrons. The lowest BCUT2D eigenvalue weighted by atomic mass is 10.0. The van der Waals surface area contributed by atoms with Gasteiger partial charge >= 0.3 is 0 Å². The van der Waals surface area contributed by atoms with Gasteiger partial charge in [0, 0.05) is 55.1 Å². The number of rotatable bonds is 4. The van der Waals surface area contributed by atoms with Crippen molar-refractivity contribution in [3.8, 4) is 39.9 Å². The van der Waals surface area contributed by atoms with Gasteiger partial charge in [-0.05, 0) is 42.5 Å². The summed E-state index contributed by atoms with van der Waals surface area (Å²) < 4.78 is 15.2. The van der Waals surface area contributed by atoms with Crippen molar-refractivity contribution in [2.45, 2.75) is 0 Å². The highest BCUT2D eigenvalue weighted by Crippen LogP contribution is 2.41. The lowest BCUT2D eigenvalue weighted by molar-refractivity contribution is 0.668. The lowest BCUT2D eigenvalue weighted by Gasteiger charge is -2.13. The van der Waals surface area contributed by atoms with E-state index in [9.17, 15) is 0 Å². The highest BCUT2D eigenvalue weighted by Gasteiger charge is 2.22. The van der Waals surface area contributed by atoms with Gasteiger partial charge in [-0.2, -0.15) is 0 Å². The zero-order valence-corrected chi connectivity index (χ0v) is 27.1. The van der Waals surface area contributed by atoms with Crippen LogP contribution >= 0.6 is 0 Å². The van der Waals surface area contributed by atoms with E-state index < -0.39 is 0 Å². The lowest BCUT2D eigenvalue weighted by Crippen LogP contribution is -2.01. The van der Waals surface area contributed by atoms with Gasteiger partial charge in [-0.3, -0.25) is 0 Å². The summed E-state index contributed by atoms with van der Waals surface area (Å²) >= 11 is 0. The van der Waals surface area contributed by atoms with E-state index >= 15 is 0 Å². The number of furan rings is 2. The molecule has 0 saturated heterocycles. The fourth-order valence-corrected chi connectivity index (χ4v) is 7.55. The molecule has 51 heavy (non-hydrogen) atoms. The van der Waals surface area contributed by atoms with Crippen LogP contribution < -0.4 is 0 Å². The van der Waals surface area contributed by atoms with Crippen LogP contribution in [0.1, 0.15) is 0 Å². The molecule has 0 bridgehead atoms. The van der Waals surface area contributed by atoms with Gasteiger partial charge in [-0.1, -0.05) is 109 Å². The number of fused-ring (bicyclic) bond motifs is 9. The summed E-state index contributed by atoms with van der Waals surface area (Å²) in [6.07, 6.45) is 0. The quantitative estimate of drug-likeness (QED) is 0.189. The van der Waals surface area contributed by atoms with E-state index in [1.807, 2.05) is 72.8 Å². The van der Waals surface area contributed by atoms with Gasteiger partial charge in [0.15, 0.2) is 17.5 Å². The molecule has 4 heterocycles. The van der Waals surface area contributed by atoms with Crippen molar-refractivity contribution in [3.63, 3.8) is 0 Å². The third-order valence-corrected chi connectivity index (χ3v) is 9.85. The summed E-state index contributed by atoms with van der Waals surface area (Å²) in [7, 11) is 0. The molecule has 0 aliphatic heterocycles. The van der Waals surface area contributed by atoms with Crippen molar-refractivity contribution in [2.75, 3.05) is 0 Å². The van der Waals surface area contributed by atoms with Crippen molar-refractivity contribution >= 4 is 65.7 Å². The molecule has 7 aromatic carbocycles. The molecule has 0 atom stereocenters. The summed E-state index contributed by atoms with van der Waals surface area (Å²) in [5.74, 6) is 1.70. The Labute approximate surface area is 290 Å². The zero-order valence-electron chi connectivity index (χ0n) is 27.1. The van der Waals surface area contributed by atoms with Gasteiger partial charge < -0.3 is 13.4 Å². The van der Waals surface area contributed by atoms with E-state index in [2.05, 4.69) is 89.5 Å². The van der Waals surface area contributed by atoms with Gasteiger partial charge in [-0.15, -0.1) is 0 Å². The second-order valence-electron chi connectivity index (χ2n) is 12.8. The molecular formula is C45H26N4O2. The van der Waals surface area contributed by atoms with Gasteiger partial charge in [0.25, 0.3) is 0 Å². The SMILES string of the molecule is c1ccc(-c2nc(-c3ccc4c(c3)oc3ccccc34)nc(-c3cc(-n4c5ccccc5c5ccccc54)cc4oc5ccccc5c34)n2)cc1. The highest BCUT2D eigenvalue weighted by atomic mass is 16.3. The standard InChI is InChI=1S/C45H26N4O2/c1-2-12-27(13-3-1)43-46-44(28-22-23-33-32-16-6-10-20-38(32)50-40(33)24-28)48-45(47-43)35-25-29(26-41-42(35)34-17-7-11-21-39(34)51-41)49-36-18-8-4-14-30(36)31-15-5-9-19-37(31)49/h1-26H. The predicted molar refractivity (Wildman–Crippen MR) is 205 cm³/mol. The number of hydrogen-bond acceptors (Lipinski definition) is 5. The van der Waals surface area contributed by atoms with Crippen LogP contribution in [0.4, 0.5) is 0 Å². The minimum atomic E-state index is 0.558. The fourth-order valence-electron chi connectivity index (χ4n) is 7.55. The van der Waals surface area contributed by atoms with Crippen LogP contribution in [0.25, 0.3) is 106 Å². The molecule has 238 valence electrons. The maximum atomic E-state index is 6.59. The molecule has 0 saturated carbocycles. The molecule has 11 aromatic rings. The highest BCUT2D eigenvalue weighted by molar-refractivity contribution is 6.14. The Bertz CT molecular complexity index is 3100. The third kappa shape index (κ3) is 4.26. The molecule has 0 aliphatic rings. The minimum Gasteiger partial charge on any atom is -0.456 e. The molecular weight excluding hydrogens is 629 g/mol. The Kier molecular flexibility index (Phi) is 5.86. The Morgan fingerprint density at radius 3 is 1.67 bits per heavy atom. The van der Waals surface area contributed by atoms with Crippen LogP contribution in [0.15, 0.2) is 167 Å². The predicted octanol–water partition coefficient (Wildman–Crippen LogP) is 11.8. The first-order chi connectivity index (χ1) is 25.3. The summed E-state index contributed by atoms with van der Waals surface area (Å²) in [4.78, 5) is 15.5. The van der Waals surface area contributed by atoms with E-state index in [-0.39, 0.29) is 0 Å². The molecule has 0 spiro atoms. The summed E-state index contributed by atoms with van der Waals surface area (Å²) in [6, 6.07) is 53.9. The van der Waals surface area contributed by atoms with Crippen LogP contribution in [0.2, 0.25) is 0 Å². The van der Waals surface area contributed by atoms with Gasteiger partial charge in [0.05, 0.1) is 16.7 Å². The fraction of sp³-hybridized carbons (Fsp3) is 0. The van der Waals surface area contributed by atoms with E-state index in [4.69, 9.17) is 23.8 Å². The van der Waals surface area contributed by atoms with Crippen LogP contribution in [0.5, 0.6) is 0 Å². The molecule has 0 aliphatic carbocycles. The maximum absolute atomic E-state index is 6.59. The number of hydrogen-bond donors (Lipinski definition) is 0. The first kappa shape index (κ1) is 27.9. The van der Waals surface area contributed by atoms with Crippen LogP contribution in [0.3, 0.4) is 0 Å². The number of aromatic nitrogens is 4. The number of nitrogens with zero attached hydrogens (tertiary/aromatic N) is 4. The van der Waals surface area contributed by atoms with E-state index in [0.29, 0.717) is 17.5 Å². The second-order valence-corrected chi connectivity index (χ2v) is 12.8. The minimum absolute atomic E-state index is 0.558. The maximum Gasteiger partial charge on any atom is 0.164 e.